The van der Waals surface area contributed by atoms with E-state index in [9.17, 15) is 14.7 Å². The Kier molecular flexibility index (Phi) is 6.82. The summed E-state index contributed by atoms with van der Waals surface area (Å²) >= 11 is 0. The van der Waals surface area contributed by atoms with Gasteiger partial charge < -0.3 is 24.4 Å². The number of ether oxygens (including phenoxy) is 2. The summed E-state index contributed by atoms with van der Waals surface area (Å²) in [7, 11) is 1.56. The molecule has 0 spiro atoms. The lowest BCUT2D eigenvalue weighted by atomic mass is 9.95. The average Bonchev–Trinajstić information content (AvgIpc) is 3.10. The van der Waals surface area contributed by atoms with E-state index >= 15 is 0 Å². The predicted octanol–water partition coefficient (Wildman–Crippen LogP) is -0.381. The highest BCUT2D eigenvalue weighted by atomic mass is 16.5. The summed E-state index contributed by atoms with van der Waals surface area (Å²) in [6.07, 6.45) is 3.72. The number of hydrogen-bond acceptors (Lipinski definition) is 6. The van der Waals surface area contributed by atoms with Crippen LogP contribution >= 0.6 is 0 Å². The first-order valence-corrected chi connectivity index (χ1v) is 10.8. The molecule has 2 aliphatic heterocycles. The molecule has 32 heavy (non-hydrogen) atoms. The first-order valence-electron chi connectivity index (χ1n) is 10.8. The summed E-state index contributed by atoms with van der Waals surface area (Å²) in [6, 6.07) is 9.55. The molecule has 0 saturated carbocycles. The SMILES string of the molecule is COc1cccc(C2C(=C([O-])c3ccncc3)C(=O)C(=O)N2CCC[NH+]2CCOCC2)c1. The quantitative estimate of drug-likeness (QED) is 0.360. The van der Waals surface area contributed by atoms with Crippen LogP contribution in [0.25, 0.3) is 5.76 Å². The van der Waals surface area contributed by atoms with Crippen LogP contribution in [0.3, 0.4) is 0 Å². The summed E-state index contributed by atoms with van der Waals surface area (Å²) in [4.78, 5) is 32.9. The average molecular weight is 437 g/mol. The maximum atomic E-state index is 13.3. The van der Waals surface area contributed by atoms with E-state index in [4.69, 9.17) is 9.47 Å². The molecule has 1 unspecified atom stereocenters. The van der Waals surface area contributed by atoms with Gasteiger partial charge in [0.05, 0.1) is 32.9 Å². The molecule has 3 heterocycles. The number of methoxy groups -OCH3 is 1. The van der Waals surface area contributed by atoms with Crippen molar-refractivity contribution in [2.75, 3.05) is 46.5 Å². The van der Waals surface area contributed by atoms with Crippen molar-refractivity contribution in [1.29, 1.82) is 0 Å². The number of Topliss-reactive ketones (excluding diaryl/α,β-unsaturated/α-hetero) is 1. The Bertz CT molecular complexity index is 1000. The molecule has 2 aromatic rings. The largest absolute Gasteiger partial charge is 0.872 e. The summed E-state index contributed by atoms with van der Waals surface area (Å²) in [5.74, 6) is -1.21. The van der Waals surface area contributed by atoms with Gasteiger partial charge in [-0.1, -0.05) is 17.9 Å². The molecule has 0 aliphatic carbocycles. The lowest BCUT2D eigenvalue weighted by Crippen LogP contribution is -3.14. The van der Waals surface area contributed by atoms with E-state index in [1.54, 1.807) is 37.4 Å². The number of carbonyl (C=O) groups excluding carboxylic acids is 2. The minimum atomic E-state index is -0.745. The van der Waals surface area contributed by atoms with Crippen LogP contribution in [0, 0.1) is 0 Å². The highest BCUT2D eigenvalue weighted by Gasteiger charge is 2.44. The second-order valence-corrected chi connectivity index (χ2v) is 7.95. The van der Waals surface area contributed by atoms with Gasteiger partial charge >= 0.3 is 0 Å². The fourth-order valence-corrected chi connectivity index (χ4v) is 4.33. The lowest BCUT2D eigenvalue weighted by molar-refractivity contribution is -0.908. The Labute approximate surface area is 187 Å². The fourth-order valence-electron chi connectivity index (χ4n) is 4.33. The number of nitrogens with one attached hydrogen (secondary N) is 1. The third kappa shape index (κ3) is 4.51. The minimum Gasteiger partial charge on any atom is -0.872 e. The standard InChI is InChI=1S/C24H27N3O5/c1-31-19-5-2-4-18(16-19)21-20(22(28)17-6-8-25-9-7-17)23(29)24(30)27(21)11-3-10-26-12-14-32-15-13-26/h2,4-9,16,21,28H,3,10-15H2,1H3. The monoisotopic (exact) mass is 437 g/mol. The number of ketones is 1. The molecule has 8 nitrogen and oxygen atoms in total. The van der Waals surface area contributed by atoms with E-state index in [1.807, 2.05) is 6.07 Å². The first-order chi connectivity index (χ1) is 15.6. The van der Waals surface area contributed by atoms with Crippen LogP contribution in [0.4, 0.5) is 0 Å². The molecule has 1 amide bonds. The van der Waals surface area contributed by atoms with Gasteiger partial charge in [0.2, 0.25) is 5.78 Å². The number of nitrogens with zero attached hydrogens (tertiary/aromatic N) is 2. The molecule has 8 heteroatoms. The number of pyridine rings is 1. The van der Waals surface area contributed by atoms with Gasteiger partial charge in [-0.15, -0.1) is 0 Å². The van der Waals surface area contributed by atoms with Crippen LogP contribution in [0.1, 0.15) is 23.6 Å². The summed E-state index contributed by atoms with van der Waals surface area (Å²) in [5.41, 5.74) is 0.997. The van der Waals surface area contributed by atoms with Crippen molar-refractivity contribution in [1.82, 2.24) is 9.88 Å². The number of morpholine rings is 1. The van der Waals surface area contributed by atoms with Crippen LogP contribution in [-0.2, 0) is 14.3 Å². The highest BCUT2D eigenvalue weighted by molar-refractivity contribution is 6.46. The fraction of sp³-hybridized carbons (Fsp3) is 0.375. The van der Waals surface area contributed by atoms with E-state index in [0.29, 0.717) is 23.4 Å². The van der Waals surface area contributed by atoms with Gasteiger partial charge in [0.15, 0.2) is 0 Å². The van der Waals surface area contributed by atoms with Crippen LogP contribution < -0.4 is 14.7 Å². The van der Waals surface area contributed by atoms with Crippen molar-refractivity contribution in [3.8, 4) is 5.75 Å². The number of quaternary nitrogens is 1. The normalized spacial score (nSPS) is 21.2. The van der Waals surface area contributed by atoms with Crippen LogP contribution in [0.15, 0.2) is 54.4 Å². The number of rotatable bonds is 7. The smallest absolute Gasteiger partial charge is 0.295 e. The van der Waals surface area contributed by atoms with Crippen LogP contribution in [-0.4, -0.2) is 68.1 Å². The molecule has 1 aromatic carbocycles. The minimum absolute atomic E-state index is 0.0202. The Hall–Kier alpha value is -3.23. The predicted molar refractivity (Wildman–Crippen MR) is 115 cm³/mol. The first kappa shape index (κ1) is 22.0. The molecule has 4 rings (SSSR count). The second kappa shape index (κ2) is 9.93. The van der Waals surface area contributed by atoms with Gasteiger partial charge in [-0.3, -0.25) is 14.6 Å². The molecule has 0 radical (unpaired) electrons. The Morgan fingerprint density at radius 2 is 1.97 bits per heavy atom. The Morgan fingerprint density at radius 1 is 1.22 bits per heavy atom. The maximum absolute atomic E-state index is 13.3. The number of hydrogen-bond donors (Lipinski definition) is 1. The van der Waals surface area contributed by atoms with Gasteiger partial charge in [0, 0.05) is 30.9 Å². The second-order valence-electron chi connectivity index (χ2n) is 7.95. The zero-order chi connectivity index (χ0) is 22.5. The molecule has 2 aliphatic rings. The molecule has 2 saturated heterocycles. The topological polar surface area (TPSA) is 96.2 Å². The Balaban J connectivity index is 1.67. The van der Waals surface area contributed by atoms with E-state index in [-0.39, 0.29) is 5.57 Å². The number of aromatic nitrogens is 1. The van der Waals surface area contributed by atoms with Crippen LogP contribution in [0.2, 0.25) is 0 Å². The van der Waals surface area contributed by atoms with E-state index in [2.05, 4.69) is 4.98 Å². The molecule has 168 valence electrons. The van der Waals surface area contributed by atoms with Gasteiger partial charge in [-0.2, -0.15) is 0 Å². The van der Waals surface area contributed by atoms with Crippen LogP contribution in [0.5, 0.6) is 5.75 Å². The third-order valence-electron chi connectivity index (χ3n) is 6.01. The number of benzene rings is 1. The molecule has 1 N–H and O–H groups in total. The van der Waals surface area contributed by atoms with Gasteiger partial charge in [0.1, 0.15) is 18.8 Å². The van der Waals surface area contributed by atoms with Gasteiger partial charge in [0.25, 0.3) is 5.91 Å². The van der Waals surface area contributed by atoms with Gasteiger partial charge in [-0.25, -0.2) is 0 Å². The van der Waals surface area contributed by atoms with Crippen molar-refractivity contribution in [2.45, 2.75) is 12.5 Å². The maximum Gasteiger partial charge on any atom is 0.295 e. The van der Waals surface area contributed by atoms with Gasteiger partial charge in [-0.05, 0) is 35.4 Å². The summed E-state index contributed by atoms with van der Waals surface area (Å²) in [5, 5.41) is 13.3. The molecule has 1 atom stereocenters. The number of carbonyl (C=O) groups is 2. The molecular weight excluding hydrogens is 410 g/mol. The zero-order valence-corrected chi connectivity index (χ0v) is 18.1. The Morgan fingerprint density at radius 3 is 2.69 bits per heavy atom. The van der Waals surface area contributed by atoms with E-state index < -0.39 is 23.5 Å². The van der Waals surface area contributed by atoms with E-state index in [0.717, 1.165) is 39.3 Å². The lowest BCUT2D eigenvalue weighted by Gasteiger charge is -2.29. The van der Waals surface area contributed by atoms with Crippen molar-refractivity contribution < 1.29 is 29.1 Å². The number of amides is 1. The van der Waals surface area contributed by atoms with Crippen molar-refractivity contribution in [3.63, 3.8) is 0 Å². The number of likely N-dealkylation sites (tertiary alicyclic amines) is 1. The highest BCUT2D eigenvalue weighted by Crippen LogP contribution is 2.39. The summed E-state index contributed by atoms with van der Waals surface area (Å²) in [6.45, 7) is 4.61. The van der Waals surface area contributed by atoms with Crippen molar-refractivity contribution >= 4 is 17.4 Å². The van der Waals surface area contributed by atoms with Crippen molar-refractivity contribution in [2.24, 2.45) is 0 Å². The summed E-state index contributed by atoms with van der Waals surface area (Å²) < 4.78 is 10.7. The van der Waals surface area contributed by atoms with Crippen molar-refractivity contribution in [3.05, 3.63) is 65.5 Å². The third-order valence-corrected chi connectivity index (χ3v) is 6.01. The zero-order valence-electron chi connectivity index (χ0n) is 18.1. The molecule has 1 aromatic heterocycles. The molecule has 0 bridgehead atoms. The molecule has 2 fully saturated rings. The van der Waals surface area contributed by atoms with E-state index in [1.165, 1.54) is 22.2 Å². The molecular formula is C24H27N3O5.